The molecule has 0 radical (unpaired) electrons. The van der Waals surface area contributed by atoms with Crippen LogP contribution in [0.15, 0.2) is 18.2 Å². The van der Waals surface area contributed by atoms with E-state index in [-0.39, 0.29) is 5.69 Å². The fourth-order valence-electron chi connectivity index (χ4n) is 2.07. The molecule has 0 bridgehead atoms. The Labute approximate surface area is 121 Å². The smallest absolute Gasteiger partial charge is 0.269 e. The van der Waals surface area contributed by atoms with Crippen LogP contribution >= 0.6 is 12.2 Å². The number of aromatic nitrogens is 3. The van der Waals surface area contributed by atoms with Gasteiger partial charge < -0.3 is 0 Å². The van der Waals surface area contributed by atoms with E-state index in [1.165, 1.54) is 6.07 Å². The molecule has 1 N–H and O–H groups in total. The lowest BCUT2D eigenvalue weighted by Gasteiger charge is -2.10. The van der Waals surface area contributed by atoms with E-state index < -0.39 is 4.92 Å². The Morgan fingerprint density at radius 2 is 2.20 bits per heavy atom. The fourth-order valence-corrected chi connectivity index (χ4v) is 2.28. The minimum atomic E-state index is -0.401. The van der Waals surface area contributed by atoms with Crippen LogP contribution in [0.1, 0.15) is 19.4 Å². The van der Waals surface area contributed by atoms with Crippen LogP contribution in [-0.2, 0) is 6.54 Å². The average Bonchev–Trinajstić information content (AvgIpc) is 2.70. The van der Waals surface area contributed by atoms with E-state index in [9.17, 15) is 10.1 Å². The molecule has 2 aromatic rings. The zero-order valence-corrected chi connectivity index (χ0v) is 12.4. The first kappa shape index (κ1) is 14.4. The number of hydrogen-bond acceptors (Lipinski definition) is 4. The van der Waals surface area contributed by atoms with Gasteiger partial charge in [0.25, 0.3) is 5.69 Å². The third-order valence-electron chi connectivity index (χ3n) is 2.97. The molecule has 1 heterocycles. The Morgan fingerprint density at radius 1 is 1.50 bits per heavy atom. The van der Waals surface area contributed by atoms with Crippen molar-refractivity contribution in [2.75, 3.05) is 0 Å². The molecule has 1 aromatic carbocycles. The van der Waals surface area contributed by atoms with Crippen LogP contribution in [0.25, 0.3) is 11.4 Å². The largest absolute Gasteiger partial charge is 0.300 e. The van der Waals surface area contributed by atoms with Gasteiger partial charge in [-0.25, -0.2) is 0 Å². The third-order valence-corrected chi connectivity index (χ3v) is 3.28. The second-order valence-electron chi connectivity index (χ2n) is 5.11. The van der Waals surface area contributed by atoms with Gasteiger partial charge in [-0.3, -0.25) is 19.8 Å². The van der Waals surface area contributed by atoms with Crippen molar-refractivity contribution < 1.29 is 4.92 Å². The first-order valence-corrected chi connectivity index (χ1v) is 6.71. The molecular formula is C13H16N4O2S. The summed E-state index contributed by atoms with van der Waals surface area (Å²) in [5.41, 5.74) is 1.73. The van der Waals surface area contributed by atoms with Gasteiger partial charge in [0, 0.05) is 24.2 Å². The van der Waals surface area contributed by atoms with Crippen LogP contribution in [-0.4, -0.2) is 19.7 Å². The number of nitrogens with zero attached hydrogens (tertiary/aromatic N) is 3. The van der Waals surface area contributed by atoms with Crippen molar-refractivity contribution in [2.24, 2.45) is 5.92 Å². The minimum absolute atomic E-state index is 0.0794. The molecule has 1 aromatic heterocycles. The number of rotatable bonds is 4. The maximum absolute atomic E-state index is 10.8. The zero-order chi connectivity index (χ0) is 14.9. The lowest BCUT2D eigenvalue weighted by Crippen LogP contribution is -2.07. The molecule has 20 heavy (non-hydrogen) atoms. The average molecular weight is 292 g/mol. The predicted octanol–water partition coefficient (Wildman–Crippen LogP) is 3.48. The van der Waals surface area contributed by atoms with E-state index in [2.05, 4.69) is 24.0 Å². The summed E-state index contributed by atoms with van der Waals surface area (Å²) in [6.45, 7) is 6.78. The van der Waals surface area contributed by atoms with Crippen molar-refractivity contribution in [1.82, 2.24) is 14.8 Å². The second-order valence-corrected chi connectivity index (χ2v) is 5.50. The normalized spacial score (nSPS) is 11.0. The number of nitro groups is 1. The molecule has 0 amide bonds. The van der Waals surface area contributed by atoms with Gasteiger partial charge in [-0.1, -0.05) is 13.8 Å². The van der Waals surface area contributed by atoms with Crippen LogP contribution in [0.5, 0.6) is 0 Å². The summed E-state index contributed by atoms with van der Waals surface area (Å²) in [5, 5.41) is 17.8. The van der Waals surface area contributed by atoms with E-state index in [0.717, 1.165) is 23.5 Å². The molecule has 106 valence electrons. The Kier molecular flexibility index (Phi) is 3.99. The highest BCUT2D eigenvalue weighted by Crippen LogP contribution is 2.26. The molecule has 0 saturated carbocycles. The van der Waals surface area contributed by atoms with Crippen molar-refractivity contribution in [3.63, 3.8) is 0 Å². The molecule has 0 aliphatic heterocycles. The lowest BCUT2D eigenvalue weighted by molar-refractivity contribution is -0.384. The summed E-state index contributed by atoms with van der Waals surface area (Å²) in [5.74, 6) is 1.15. The number of H-pyrrole nitrogens is 1. The highest BCUT2D eigenvalue weighted by atomic mass is 32.1. The van der Waals surface area contributed by atoms with Crippen molar-refractivity contribution in [3.05, 3.63) is 38.6 Å². The minimum Gasteiger partial charge on any atom is -0.300 e. The van der Waals surface area contributed by atoms with Crippen molar-refractivity contribution in [3.8, 4) is 11.4 Å². The molecule has 2 rings (SSSR count). The summed E-state index contributed by atoms with van der Waals surface area (Å²) in [4.78, 5) is 10.4. The Hall–Kier alpha value is -2.02. The Morgan fingerprint density at radius 3 is 2.75 bits per heavy atom. The van der Waals surface area contributed by atoms with E-state index >= 15 is 0 Å². The second kappa shape index (κ2) is 5.54. The van der Waals surface area contributed by atoms with E-state index in [1.807, 2.05) is 11.5 Å². The molecule has 6 nitrogen and oxygen atoms in total. The van der Waals surface area contributed by atoms with Gasteiger partial charge in [0.15, 0.2) is 10.6 Å². The standard InChI is InChI=1S/C13H16N4O2S/c1-8(2)7-16-12(14-15-13(16)20)11-5-4-10(17(18)19)6-9(11)3/h4-6,8H,7H2,1-3H3,(H,15,20). The first-order chi connectivity index (χ1) is 9.40. The molecule has 0 unspecified atom stereocenters. The van der Waals surface area contributed by atoms with Gasteiger partial charge in [0.1, 0.15) is 0 Å². The van der Waals surface area contributed by atoms with Crippen LogP contribution in [0.2, 0.25) is 0 Å². The zero-order valence-electron chi connectivity index (χ0n) is 11.6. The topological polar surface area (TPSA) is 76.8 Å². The number of non-ortho nitro benzene ring substituents is 1. The van der Waals surface area contributed by atoms with Gasteiger partial charge in [-0.2, -0.15) is 5.10 Å². The van der Waals surface area contributed by atoms with Gasteiger partial charge >= 0.3 is 0 Å². The third kappa shape index (κ3) is 2.77. The van der Waals surface area contributed by atoms with Gasteiger partial charge in [-0.05, 0) is 36.7 Å². The summed E-state index contributed by atoms with van der Waals surface area (Å²) in [7, 11) is 0. The molecule has 0 saturated heterocycles. The monoisotopic (exact) mass is 292 g/mol. The summed E-state index contributed by atoms with van der Waals surface area (Å²) in [6.07, 6.45) is 0. The van der Waals surface area contributed by atoms with E-state index in [1.54, 1.807) is 12.1 Å². The van der Waals surface area contributed by atoms with Crippen molar-refractivity contribution in [2.45, 2.75) is 27.3 Å². The molecule has 0 aliphatic rings. The predicted molar refractivity (Wildman–Crippen MR) is 79.1 cm³/mol. The first-order valence-electron chi connectivity index (χ1n) is 6.30. The summed E-state index contributed by atoms with van der Waals surface area (Å²) >= 11 is 5.24. The number of benzene rings is 1. The number of aromatic amines is 1. The van der Waals surface area contributed by atoms with Crippen LogP contribution in [0, 0.1) is 27.7 Å². The Balaban J connectivity index is 2.52. The van der Waals surface area contributed by atoms with Crippen molar-refractivity contribution >= 4 is 17.9 Å². The molecular weight excluding hydrogens is 276 g/mol. The number of aryl methyl sites for hydroxylation is 1. The lowest BCUT2D eigenvalue weighted by atomic mass is 10.1. The summed E-state index contributed by atoms with van der Waals surface area (Å²) in [6, 6.07) is 4.75. The van der Waals surface area contributed by atoms with Gasteiger partial charge in [0.05, 0.1) is 4.92 Å². The molecule has 7 heteroatoms. The van der Waals surface area contributed by atoms with Gasteiger partial charge in [-0.15, -0.1) is 0 Å². The highest BCUT2D eigenvalue weighted by molar-refractivity contribution is 7.71. The van der Waals surface area contributed by atoms with Crippen molar-refractivity contribution in [1.29, 1.82) is 0 Å². The highest BCUT2D eigenvalue weighted by Gasteiger charge is 2.15. The number of hydrogen-bond donors (Lipinski definition) is 1. The summed E-state index contributed by atoms with van der Waals surface area (Å²) < 4.78 is 2.49. The fraction of sp³-hybridized carbons (Fsp3) is 0.385. The van der Waals surface area contributed by atoms with E-state index in [4.69, 9.17) is 12.2 Å². The Bertz CT molecular complexity index is 703. The quantitative estimate of drug-likeness (QED) is 0.531. The van der Waals surface area contributed by atoms with Crippen LogP contribution in [0.3, 0.4) is 0 Å². The van der Waals surface area contributed by atoms with Crippen LogP contribution < -0.4 is 0 Å². The molecule has 0 spiro atoms. The SMILES string of the molecule is Cc1cc([N+](=O)[O-])ccc1-c1n[nH]c(=S)n1CC(C)C. The number of nitrogens with one attached hydrogen (secondary N) is 1. The van der Waals surface area contributed by atoms with Gasteiger partial charge in [0.2, 0.25) is 0 Å². The molecule has 0 atom stereocenters. The molecule has 0 fully saturated rings. The molecule has 0 aliphatic carbocycles. The maximum Gasteiger partial charge on any atom is 0.269 e. The maximum atomic E-state index is 10.8. The number of nitro benzene ring substituents is 1. The van der Waals surface area contributed by atoms with Crippen LogP contribution in [0.4, 0.5) is 5.69 Å². The van der Waals surface area contributed by atoms with E-state index in [0.29, 0.717) is 10.7 Å².